The van der Waals surface area contributed by atoms with Crippen molar-refractivity contribution in [2.45, 2.75) is 9.79 Å². The first-order valence-electron chi connectivity index (χ1n) is 5.81. The zero-order chi connectivity index (χ0) is 14.1. The number of aromatic nitrogens is 2. The Morgan fingerprint density at radius 1 is 0.905 bits per heavy atom. The molecule has 1 heterocycles. The average molecular weight is 344 g/mol. The van der Waals surface area contributed by atoms with E-state index >= 15 is 0 Å². The SMILES string of the molecule is O=c1[nH]c(=O)c2cc(Sc3ccc(Cl)cc3)ccc2[nH]1.[K+]. The van der Waals surface area contributed by atoms with Gasteiger partial charge in [0.25, 0.3) is 5.56 Å². The van der Waals surface area contributed by atoms with E-state index in [0.717, 1.165) is 9.79 Å². The molecule has 2 N–H and O–H groups in total. The van der Waals surface area contributed by atoms with E-state index in [-0.39, 0.29) is 56.9 Å². The maximum Gasteiger partial charge on any atom is 1.00 e. The third-order valence-electron chi connectivity index (χ3n) is 2.76. The number of halogens is 1. The number of rotatable bonds is 2. The van der Waals surface area contributed by atoms with Crippen LogP contribution >= 0.6 is 23.4 Å². The van der Waals surface area contributed by atoms with Crippen LogP contribution in [-0.2, 0) is 0 Å². The summed E-state index contributed by atoms with van der Waals surface area (Å²) in [6.07, 6.45) is 0. The summed E-state index contributed by atoms with van der Waals surface area (Å²) < 4.78 is 0. The van der Waals surface area contributed by atoms with Crippen LogP contribution in [0.2, 0.25) is 5.02 Å². The van der Waals surface area contributed by atoms with Crippen LogP contribution < -0.4 is 62.6 Å². The fraction of sp³-hybridized carbons (Fsp3) is 0. The van der Waals surface area contributed by atoms with E-state index in [2.05, 4.69) is 9.97 Å². The van der Waals surface area contributed by atoms with Crippen LogP contribution in [0.1, 0.15) is 0 Å². The second-order valence-electron chi connectivity index (χ2n) is 4.17. The van der Waals surface area contributed by atoms with Gasteiger partial charge in [-0.1, -0.05) is 23.4 Å². The summed E-state index contributed by atoms with van der Waals surface area (Å²) in [6.45, 7) is 0. The van der Waals surface area contributed by atoms with Crippen molar-refractivity contribution in [3.05, 3.63) is 68.3 Å². The molecule has 0 amide bonds. The van der Waals surface area contributed by atoms with Crippen LogP contribution in [0.3, 0.4) is 0 Å². The van der Waals surface area contributed by atoms with E-state index in [1.165, 1.54) is 11.8 Å². The number of benzene rings is 2. The number of hydrogen-bond donors (Lipinski definition) is 2. The predicted octanol–water partition coefficient (Wildman–Crippen LogP) is 0.0250. The first-order valence-corrected chi connectivity index (χ1v) is 7.01. The minimum Gasteiger partial charge on any atom is -0.307 e. The quantitative estimate of drug-likeness (QED) is 0.645. The molecule has 0 saturated carbocycles. The molecule has 0 atom stereocenters. The summed E-state index contributed by atoms with van der Waals surface area (Å²) in [5.41, 5.74) is -0.359. The first kappa shape index (κ1) is 17.0. The van der Waals surface area contributed by atoms with Gasteiger partial charge in [0.1, 0.15) is 0 Å². The normalized spacial score (nSPS) is 10.3. The zero-order valence-electron chi connectivity index (χ0n) is 11.1. The van der Waals surface area contributed by atoms with Gasteiger partial charge in [-0.3, -0.25) is 9.78 Å². The van der Waals surface area contributed by atoms with Gasteiger partial charge in [-0.15, -0.1) is 0 Å². The molecule has 0 unspecified atom stereocenters. The van der Waals surface area contributed by atoms with Crippen LogP contribution in [0.5, 0.6) is 0 Å². The molecule has 3 rings (SSSR count). The maximum absolute atomic E-state index is 11.7. The van der Waals surface area contributed by atoms with E-state index in [9.17, 15) is 9.59 Å². The van der Waals surface area contributed by atoms with Crippen LogP contribution in [0.15, 0.2) is 61.8 Å². The molecule has 0 saturated heterocycles. The van der Waals surface area contributed by atoms with Gasteiger partial charge >= 0.3 is 57.1 Å². The monoisotopic (exact) mass is 343 g/mol. The fourth-order valence-electron chi connectivity index (χ4n) is 1.85. The molecule has 21 heavy (non-hydrogen) atoms. The molecule has 0 aliphatic heterocycles. The standard InChI is InChI=1S/C14H9ClN2O2S.K/c15-8-1-3-9(4-2-8)20-10-5-6-12-11(7-10)13(18)17-14(19)16-12;/h1-7H,(H2,16,17,18,19);/q;+1. The van der Waals surface area contributed by atoms with E-state index < -0.39 is 5.69 Å². The van der Waals surface area contributed by atoms with E-state index in [1.54, 1.807) is 12.1 Å². The number of nitrogens with one attached hydrogen (secondary N) is 2. The molecule has 2 aromatic carbocycles. The number of H-pyrrole nitrogens is 2. The van der Waals surface area contributed by atoms with Gasteiger partial charge in [0.05, 0.1) is 10.9 Å². The van der Waals surface area contributed by atoms with Crippen molar-refractivity contribution in [2.75, 3.05) is 0 Å². The number of aromatic amines is 2. The van der Waals surface area contributed by atoms with Gasteiger partial charge in [0, 0.05) is 14.8 Å². The van der Waals surface area contributed by atoms with Crippen LogP contribution in [-0.4, -0.2) is 9.97 Å². The Labute approximate surface area is 171 Å². The molecule has 0 aliphatic carbocycles. The van der Waals surface area contributed by atoms with Crippen LogP contribution in [0.25, 0.3) is 10.9 Å². The third-order valence-corrected chi connectivity index (χ3v) is 4.01. The first-order chi connectivity index (χ1) is 9.61. The second-order valence-corrected chi connectivity index (χ2v) is 5.75. The van der Waals surface area contributed by atoms with Crippen molar-refractivity contribution in [2.24, 2.45) is 0 Å². The Morgan fingerprint density at radius 3 is 2.29 bits per heavy atom. The van der Waals surface area contributed by atoms with E-state index in [1.807, 2.05) is 30.3 Å². The van der Waals surface area contributed by atoms with Crippen molar-refractivity contribution in [3.8, 4) is 0 Å². The third kappa shape index (κ3) is 4.10. The molecule has 7 heteroatoms. The molecule has 0 bridgehead atoms. The molecule has 100 valence electrons. The number of fused-ring (bicyclic) bond motifs is 1. The van der Waals surface area contributed by atoms with Gasteiger partial charge in [0.15, 0.2) is 0 Å². The summed E-state index contributed by atoms with van der Waals surface area (Å²) in [4.78, 5) is 29.7. The molecule has 0 radical (unpaired) electrons. The summed E-state index contributed by atoms with van der Waals surface area (Å²) in [7, 11) is 0. The van der Waals surface area contributed by atoms with Crippen molar-refractivity contribution in [1.29, 1.82) is 0 Å². The maximum atomic E-state index is 11.7. The molecule has 0 spiro atoms. The Hall–Kier alpha value is -0.344. The summed E-state index contributed by atoms with van der Waals surface area (Å²) in [5.74, 6) is 0. The Balaban J connectivity index is 0.00000161. The molecular formula is C14H9ClKN2O2S+. The van der Waals surface area contributed by atoms with Crippen molar-refractivity contribution in [1.82, 2.24) is 9.97 Å². The smallest absolute Gasteiger partial charge is 0.307 e. The molecular weight excluding hydrogens is 335 g/mol. The van der Waals surface area contributed by atoms with E-state index in [4.69, 9.17) is 11.6 Å². The summed E-state index contributed by atoms with van der Waals surface area (Å²) >= 11 is 7.36. The largest absolute Gasteiger partial charge is 1.00 e. The minimum absolute atomic E-state index is 0. The topological polar surface area (TPSA) is 65.7 Å². The minimum atomic E-state index is -0.499. The Kier molecular flexibility index (Phi) is 5.90. The average Bonchev–Trinajstić information content (AvgIpc) is 2.42. The fourth-order valence-corrected chi connectivity index (χ4v) is 2.83. The van der Waals surface area contributed by atoms with Crippen molar-refractivity contribution >= 4 is 34.3 Å². The van der Waals surface area contributed by atoms with Crippen molar-refractivity contribution in [3.63, 3.8) is 0 Å². The van der Waals surface area contributed by atoms with Crippen LogP contribution in [0.4, 0.5) is 0 Å². The molecule has 0 fully saturated rings. The van der Waals surface area contributed by atoms with Gasteiger partial charge in [-0.05, 0) is 42.5 Å². The van der Waals surface area contributed by atoms with Gasteiger partial charge < -0.3 is 4.98 Å². The second kappa shape index (κ2) is 7.28. The molecule has 0 aliphatic rings. The number of hydrogen-bond acceptors (Lipinski definition) is 3. The molecule has 1 aromatic heterocycles. The predicted molar refractivity (Wildman–Crippen MR) is 80.8 cm³/mol. The Morgan fingerprint density at radius 2 is 1.57 bits per heavy atom. The zero-order valence-corrected chi connectivity index (χ0v) is 15.8. The molecule has 4 nitrogen and oxygen atoms in total. The Bertz CT molecular complexity index is 890. The van der Waals surface area contributed by atoms with Crippen molar-refractivity contribution < 1.29 is 51.4 Å². The van der Waals surface area contributed by atoms with Crippen LogP contribution in [0, 0.1) is 0 Å². The summed E-state index contributed by atoms with van der Waals surface area (Å²) in [6, 6.07) is 12.8. The summed E-state index contributed by atoms with van der Waals surface area (Å²) in [5, 5.41) is 1.14. The molecule has 3 aromatic rings. The van der Waals surface area contributed by atoms with Gasteiger partial charge in [-0.2, -0.15) is 0 Å². The van der Waals surface area contributed by atoms with Gasteiger partial charge in [0.2, 0.25) is 0 Å². The van der Waals surface area contributed by atoms with E-state index in [0.29, 0.717) is 15.9 Å². The van der Waals surface area contributed by atoms with Gasteiger partial charge in [-0.25, -0.2) is 4.79 Å².